The SMILES string of the molecule is CS(=O)(=O)N(C[C@@H]1C[C@@H]2C[C@H]1[C@@H](Nc1nc(Cl)ncc1F)[C@H]2C(N)=O)c1cccc(N)c1. The Morgan fingerprint density at radius 1 is 1.38 bits per heavy atom. The van der Waals surface area contributed by atoms with E-state index in [1.54, 1.807) is 24.3 Å². The minimum Gasteiger partial charge on any atom is -0.399 e. The number of carbonyl (C=O) groups is 1. The predicted molar refractivity (Wildman–Crippen MR) is 120 cm³/mol. The molecule has 2 aliphatic carbocycles. The van der Waals surface area contributed by atoms with Gasteiger partial charge in [-0.15, -0.1) is 0 Å². The average Bonchev–Trinajstić information content (AvgIpc) is 3.26. The van der Waals surface area contributed by atoms with Gasteiger partial charge in [0.2, 0.25) is 21.2 Å². The summed E-state index contributed by atoms with van der Waals surface area (Å²) >= 11 is 5.80. The number of primary amides is 1. The lowest BCUT2D eigenvalue weighted by Crippen LogP contribution is -2.48. The normalized spacial score (nSPS) is 26.8. The standard InChI is InChI=1S/C20H24ClFN6O3S/c1-32(30,31)28(13-4-2-3-12(23)7-13)9-11-5-10-6-14(11)17(16(10)18(24)29)26-19-15(22)8-25-20(21)27-19/h2-4,7-8,10-11,14,16-17H,5-6,9,23H2,1H3,(H2,24,29)(H,25,26,27)/t10-,11+,14-,16+,17-/m1/s1. The van der Waals surface area contributed by atoms with Crippen LogP contribution in [0.15, 0.2) is 30.5 Å². The lowest BCUT2D eigenvalue weighted by atomic mass is 9.77. The summed E-state index contributed by atoms with van der Waals surface area (Å²) in [6, 6.07) is 6.16. The van der Waals surface area contributed by atoms with Gasteiger partial charge < -0.3 is 16.8 Å². The quantitative estimate of drug-likeness (QED) is 0.403. The van der Waals surface area contributed by atoms with Crippen LogP contribution in [0.2, 0.25) is 5.28 Å². The summed E-state index contributed by atoms with van der Waals surface area (Å²) in [5.74, 6) is -2.05. The van der Waals surface area contributed by atoms with E-state index in [2.05, 4.69) is 15.3 Å². The van der Waals surface area contributed by atoms with Crippen LogP contribution in [-0.2, 0) is 14.8 Å². The number of rotatable bonds is 7. The second-order valence-corrected chi connectivity index (χ2v) is 10.7. The van der Waals surface area contributed by atoms with Gasteiger partial charge in [-0.2, -0.15) is 4.98 Å². The maximum atomic E-state index is 14.3. The number of benzene rings is 1. The van der Waals surface area contributed by atoms with Crippen molar-refractivity contribution in [1.29, 1.82) is 0 Å². The van der Waals surface area contributed by atoms with Crippen LogP contribution in [0.25, 0.3) is 0 Å². The number of hydrogen-bond acceptors (Lipinski definition) is 7. The summed E-state index contributed by atoms with van der Waals surface area (Å²) in [5, 5.41) is 2.87. The third-order valence-electron chi connectivity index (χ3n) is 6.45. The topological polar surface area (TPSA) is 144 Å². The van der Waals surface area contributed by atoms with Gasteiger partial charge in [-0.05, 0) is 60.4 Å². The number of fused-ring (bicyclic) bond motifs is 2. The summed E-state index contributed by atoms with van der Waals surface area (Å²) in [7, 11) is -3.59. The molecule has 1 amide bonds. The van der Waals surface area contributed by atoms with Crippen LogP contribution in [0.3, 0.4) is 0 Å². The molecular weight excluding hydrogens is 459 g/mol. The van der Waals surface area contributed by atoms with Crippen LogP contribution in [0, 0.1) is 29.5 Å². The number of nitrogens with two attached hydrogens (primary N) is 2. The van der Waals surface area contributed by atoms with E-state index in [9.17, 15) is 17.6 Å². The number of sulfonamides is 1. The predicted octanol–water partition coefficient (Wildman–Crippen LogP) is 1.86. The molecule has 1 aromatic carbocycles. The Hall–Kier alpha value is -2.66. The Labute approximate surface area is 190 Å². The minimum absolute atomic E-state index is 0.0392. The van der Waals surface area contributed by atoms with Crippen molar-refractivity contribution in [2.24, 2.45) is 29.4 Å². The van der Waals surface area contributed by atoms with Crippen molar-refractivity contribution in [1.82, 2.24) is 9.97 Å². The first kappa shape index (κ1) is 22.5. The fraction of sp³-hybridized carbons (Fsp3) is 0.450. The zero-order valence-corrected chi connectivity index (χ0v) is 18.9. The highest BCUT2D eigenvalue weighted by Gasteiger charge is 2.55. The number of amides is 1. The third-order valence-corrected chi connectivity index (χ3v) is 7.79. The zero-order chi connectivity index (χ0) is 23.2. The molecule has 2 fully saturated rings. The second-order valence-electron chi connectivity index (χ2n) is 8.48. The van der Waals surface area contributed by atoms with Crippen molar-refractivity contribution in [3.63, 3.8) is 0 Å². The molecule has 9 nitrogen and oxygen atoms in total. The molecule has 0 saturated heterocycles. The van der Waals surface area contributed by atoms with E-state index >= 15 is 0 Å². The zero-order valence-electron chi connectivity index (χ0n) is 17.3. The van der Waals surface area contributed by atoms with Crippen molar-refractivity contribution in [3.8, 4) is 0 Å². The first-order valence-corrected chi connectivity index (χ1v) is 12.3. The van der Waals surface area contributed by atoms with Crippen molar-refractivity contribution in [2.45, 2.75) is 18.9 Å². The molecule has 0 radical (unpaired) electrons. The maximum absolute atomic E-state index is 14.3. The lowest BCUT2D eigenvalue weighted by molar-refractivity contribution is -0.123. The molecule has 32 heavy (non-hydrogen) atoms. The van der Waals surface area contributed by atoms with Crippen molar-refractivity contribution >= 4 is 44.7 Å². The molecule has 2 aromatic rings. The second kappa shape index (κ2) is 8.36. The summed E-state index contributed by atoms with van der Waals surface area (Å²) in [6.07, 6.45) is 3.40. The molecule has 12 heteroatoms. The van der Waals surface area contributed by atoms with Crippen molar-refractivity contribution in [3.05, 3.63) is 41.6 Å². The minimum atomic E-state index is -3.59. The molecular formula is C20H24ClFN6O3S. The molecule has 0 unspecified atom stereocenters. The lowest BCUT2D eigenvalue weighted by Gasteiger charge is -2.37. The van der Waals surface area contributed by atoms with Gasteiger partial charge in [0.05, 0.1) is 24.1 Å². The highest BCUT2D eigenvalue weighted by molar-refractivity contribution is 7.92. The Morgan fingerprint density at radius 2 is 2.12 bits per heavy atom. The first-order valence-electron chi connectivity index (χ1n) is 10.1. The van der Waals surface area contributed by atoms with Gasteiger partial charge >= 0.3 is 0 Å². The number of anilines is 3. The van der Waals surface area contributed by atoms with Crippen molar-refractivity contribution < 1.29 is 17.6 Å². The number of halogens is 2. The van der Waals surface area contributed by atoms with E-state index < -0.39 is 33.7 Å². The van der Waals surface area contributed by atoms with Crippen LogP contribution in [-0.4, -0.2) is 43.1 Å². The van der Waals surface area contributed by atoms with Gasteiger partial charge in [0.25, 0.3) is 0 Å². The molecule has 2 aliphatic rings. The maximum Gasteiger partial charge on any atom is 0.232 e. The molecule has 5 N–H and O–H groups in total. The number of hydrogen-bond donors (Lipinski definition) is 3. The smallest absolute Gasteiger partial charge is 0.232 e. The first-order chi connectivity index (χ1) is 15.0. The third kappa shape index (κ3) is 4.31. The average molecular weight is 483 g/mol. The number of carbonyl (C=O) groups excluding carboxylic acids is 1. The van der Waals surface area contributed by atoms with E-state index in [0.717, 1.165) is 12.5 Å². The number of aromatic nitrogens is 2. The number of nitrogens with zero attached hydrogens (tertiary/aromatic N) is 3. The van der Waals surface area contributed by atoms with E-state index in [0.29, 0.717) is 24.2 Å². The molecule has 2 saturated carbocycles. The van der Waals surface area contributed by atoms with E-state index in [1.807, 2.05) is 0 Å². The molecule has 0 aliphatic heterocycles. The molecule has 1 aromatic heterocycles. The van der Waals surface area contributed by atoms with Crippen LogP contribution >= 0.6 is 11.6 Å². The molecule has 172 valence electrons. The Morgan fingerprint density at radius 3 is 2.78 bits per heavy atom. The molecule has 0 spiro atoms. The highest BCUT2D eigenvalue weighted by Crippen LogP contribution is 2.53. The highest BCUT2D eigenvalue weighted by atomic mass is 35.5. The fourth-order valence-corrected chi connectivity index (χ4v) is 6.33. The Balaban J connectivity index is 1.62. The summed E-state index contributed by atoms with van der Waals surface area (Å²) in [6.45, 7) is 0.208. The van der Waals surface area contributed by atoms with E-state index in [1.165, 1.54) is 4.31 Å². The Bertz CT molecular complexity index is 1150. The van der Waals surface area contributed by atoms with Crippen LogP contribution in [0.4, 0.5) is 21.6 Å². The van der Waals surface area contributed by atoms with Gasteiger partial charge in [-0.25, -0.2) is 17.8 Å². The fourth-order valence-electron chi connectivity index (χ4n) is 5.24. The summed E-state index contributed by atoms with van der Waals surface area (Å²) < 4.78 is 40.7. The van der Waals surface area contributed by atoms with Gasteiger partial charge in [-0.1, -0.05) is 6.07 Å². The number of nitrogens with one attached hydrogen (secondary N) is 1. The monoisotopic (exact) mass is 482 g/mol. The van der Waals surface area contributed by atoms with Crippen LogP contribution in [0.1, 0.15) is 12.8 Å². The number of nitrogen functional groups attached to an aromatic ring is 1. The van der Waals surface area contributed by atoms with Crippen molar-refractivity contribution in [2.75, 3.05) is 28.2 Å². The summed E-state index contributed by atoms with van der Waals surface area (Å²) in [4.78, 5) is 19.7. The molecule has 1 heterocycles. The van der Waals surface area contributed by atoms with E-state index in [-0.39, 0.29) is 35.4 Å². The van der Waals surface area contributed by atoms with Crippen LogP contribution < -0.4 is 21.1 Å². The molecule has 5 atom stereocenters. The summed E-state index contributed by atoms with van der Waals surface area (Å²) in [5.41, 5.74) is 12.4. The van der Waals surface area contributed by atoms with Crippen LogP contribution in [0.5, 0.6) is 0 Å². The van der Waals surface area contributed by atoms with E-state index in [4.69, 9.17) is 23.1 Å². The largest absolute Gasteiger partial charge is 0.399 e. The molecule has 2 bridgehead atoms. The Kier molecular flexibility index (Phi) is 5.89. The van der Waals surface area contributed by atoms with Gasteiger partial charge in [0, 0.05) is 18.3 Å². The molecule has 4 rings (SSSR count). The van der Waals surface area contributed by atoms with Gasteiger partial charge in [0.1, 0.15) is 0 Å². The van der Waals surface area contributed by atoms with Gasteiger partial charge in [0.15, 0.2) is 11.6 Å². The van der Waals surface area contributed by atoms with Gasteiger partial charge in [-0.3, -0.25) is 9.10 Å².